The summed E-state index contributed by atoms with van der Waals surface area (Å²) in [5.74, 6) is 0. The summed E-state index contributed by atoms with van der Waals surface area (Å²) in [5.41, 5.74) is 1.51. The van der Waals surface area contributed by atoms with Crippen LogP contribution in [0.15, 0.2) is 30.3 Å². The normalized spacial score (nSPS) is 13.1. The van der Waals surface area contributed by atoms with E-state index >= 15 is 0 Å². The Morgan fingerprint density at radius 3 is 1.69 bits per heavy atom. The second kappa shape index (κ2) is 14.4. The van der Waals surface area contributed by atoms with Crippen LogP contribution in [0.5, 0.6) is 0 Å². The number of unbranched alkanes of at least 4 members (excludes halogenated alkanes) is 6. The standard InChI is InChI=1S/C22H40O3Si/c1-5-9-10-11-12-13-17-20-22(21-18-15-14-16-19-21)26(23-6-2,24-7-3)25-8-4/h14-16,18-19,22H,5-13,17,20H2,1-4H3. The topological polar surface area (TPSA) is 27.7 Å². The predicted octanol–water partition coefficient (Wildman–Crippen LogP) is 6.50. The first kappa shape index (κ1) is 23.4. The van der Waals surface area contributed by atoms with Crippen LogP contribution in [0.3, 0.4) is 0 Å². The Balaban J connectivity index is 2.82. The van der Waals surface area contributed by atoms with Gasteiger partial charge in [-0.3, -0.25) is 0 Å². The summed E-state index contributed by atoms with van der Waals surface area (Å²) in [6.45, 7) is 10.3. The minimum atomic E-state index is -2.75. The lowest BCUT2D eigenvalue weighted by Gasteiger charge is -2.35. The third-order valence-corrected chi connectivity index (χ3v) is 8.31. The van der Waals surface area contributed by atoms with Crippen LogP contribution >= 0.6 is 0 Å². The molecule has 1 aromatic carbocycles. The van der Waals surface area contributed by atoms with Crippen LogP contribution in [0.2, 0.25) is 0 Å². The van der Waals surface area contributed by atoms with E-state index in [2.05, 4.69) is 37.3 Å². The van der Waals surface area contributed by atoms with Crippen LogP contribution in [0.1, 0.15) is 90.2 Å². The van der Waals surface area contributed by atoms with Crippen LogP contribution < -0.4 is 0 Å². The van der Waals surface area contributed by atoms with Gasteiger partial charge in [-0.1, -0.05) is 82.2 Å². The largest absolute Gasteiger partial charge is 0.508 e. The van der Waals surface area contributed by atoms with E-state index < -0.39 is 8.80 Å². The molecule has 1 aromatic rings. The van der Waals surface area contributed by atoms with Crippen LogP contribution in [-0.4, -0.2) is 28.6 Å². The second-order valence-electron chi connectivity index (χ2n) is 6.78. The van der Waals surface area contributed by atoms with Crippen LogP contribution in [0.4, 0.5) is 0 Å². The van der Waals surface area contributed by atoms with Gasteiger partial charge in [-0.2, -0.15) is 0 Å². The molecule has 0 fully saturated rings. The van der Waals surface area contributed by atoms with Gasteiger partial charge in [0, 0.05) is 19.8 Å². The van der Waals surface area contributed by atoms with Crippen molar-refractivity contribution in [3.63, 3.8) is 0 Å². The van der Waals surface area contributed by atoms with Crippen LogP contribution in [0.25, 0.3) is 0 Å². The molecule has 0 radical (unpaired) electrons. The summed E-state index contributed by atoms with van der Waals surface area (Å²) in [6, 6.07) is 10.7. The molecular formula is C22H40O3Si. The maximum absolute atomic E-state index is 6.23. The van der Waals surface area contributed by atoms with Crippen molar-refractivity contribution in [1.29, 1.82) is 0 Å². The van der Waals surface area contributed by atoms with Gasteiger partial charge in [0.15, 0.2) is 0 Å². The van der Waals surface area contributed by atoms with Crippen molar-refractivity contribution in [3.8, 4) is 0 Å². The monoisotopic (exact) mass is 380 g/mol. The smallest absolute Gasteiger partial charge is 0.373 e. The first-order valence-corrected chi connectivity index (χ1v) is 12.5. The minimum absolute atomic E-state index is 0.221. The van der Waals surface area contributed by atoms with E-state index in [4.69, 9.17) is 13.3 Å². The van der Waals surface area contributed by atoms with Gasteiger partial charge in [-0.05, 0) is 32.8 Å². The van der Waals surface area contributed by atoms with Gasteiger partial charge < -0.3 is 13.3 Å². The summed E-state index contributed by atoms with van der Waals surface area (Å²) in [4.78, 5) is 0. The molecule has 0 aliphatic carbocycles. The highest BCUT2D eigenvalue weighted by Crippen LogP contribution is 2.35. The average Bonchev–Trinajstić information content (AvgIpc) is 2.65. The zero-order valence-corrected chi connectivity index (χ0v) is 18.5. The molecule has 1 rings (SSSR count). The first-order valence-electron chi connectivity index (χ1n) is 10.7. The van der Waals surface area contributed by atoms with E-state index in [1.807, 2.05) is 20.8 Å². The molecule has 0 aliphatic heterocycles. The minimum Gasteiger partial charge on any atom is -0.373 e. The van der Waals surface area contributed by atoms with E-state index in [0.29, 0.717) is 19.8 Å². The molecule has 0 heterocycles. The van der Waals surface area contributed by atoms with Gasteiger partial charge in [-0.25, -0.2) is 0 Å². The highest BCUT2D eigenvalue weighted by Gasteiger charge is 2.49. The molecule has 0 aromatic heterocycles. The lowest BCUT2D eigenvalue weighted by molar-refractivity contribution is 0.0603. The molecule has 0 amide bonds. The quantitative estimate of drug-likeness (QED) is 0.242. The van der Waals surface area contributed by atoms with E-state index in [1.54, 1.807) is 0 Å². The second-order valence-corrected chi connectivity index (χ2v) is 9.55. The van der Waals surface area contributed by atoms with E-state index in [-0.39, 0.29) is 5.54 Å². The number of hydrogen-bond donors (Lipinski definition) is 0. The molecule has 3 nitrogen and oxygen atoms in total. The van der Waals surface area contributed by atoms with Crippen molar-refractivity contribution in [2.45, 2.75) is 84.6 Å². The molecule has 0 spiro atoms. The average molecular weight is 381 g/mol. The lowest BCUT2D eigenvalue weighted by atomic mass is 10.0. The Morgan fingerprint density at radius 2 is 1.19 bits per heavy atom. The van der Waals surface area contributed by atoms with Crippen molar-refractivity contribution >= 4 is 8.80 Å². The highest BCUT2D eigenvalue weighted by atomic mass is 28.4. The highest BCUT2D eigenvalue weighted by molar-refractivity contribution is 6.62. The molecular weight excluding hydrogens is 340 g/mol. The predicted molar refractivity (Wildman–Crippen MR) is 112 cm³/mol. The van der Waals surface area contributed by atoms with Crippen molar-refractivity contribution in [1.82, 2.24) is 0 Å². The summed E-state index contributed by atoms with van der Waals surface area (Å²) in [5, 5.41) is 0. The molecule has 0 bridgehead atoms. The molecule has 1 atom stereocenters. The Bertz CT molecular complexity index is 421. The van der Waals surface area contributed by atoms with Crippen molar-refractivity contribution in [2.24, 2.45) is 0 Å². The summed E-state index contributed by atoms with van der Waals surface area (Å²) < 4.78 is 18.7. The number of rotatable bonds is 16. The van der Waals surface area contributed by atoms with E-state index in [0.717, 1.165) is 6.42 Å². The van der Waals surface area contributed by atoms with Gasteiger partial charge in [0.2, 0.25) is 0 Å². The maximum Gasteiger partial charge on any atom is 0.508 e. The molecule has 26 heavy (non-hydrogen) atoms. The van der Waals surface area contributed by atoms with Crippen molar-refractivity contribution in [2.75, 3.05) is 19.8 Å². The van der Waals surface area contributed by atoms with Crippen LogP contribution in [-0.2, 0) is 13.3 Å². The third kappa shape index (κ3) is 7.91. The molecule has 150 valence electrons. The van der Waals surface area contributed by atoms with Gasteiger partial charge in [0.1, 0.15) is 0 Å². The third-order valence-electron chi connectivity index (χ3n) is 4.76. The summed E-state index contributed by atoms with van der Waals surface area (Å²) in [7, 11) is -2.75. The number of hydrogen-bond acceptors (Lipinski definition) is 3. The molecule has 0 N–H and O–H groups in total. The van der Waals surface area contributed by atoms with E-state index in [1.165, 1.54) is 50.5 Å². The van der Waals surface area contributed by atoms with Crippen molar-refractivity contribution in [3.05, 3.63) is 35.9 Å². The Morgan fingerprint density at radius 1 is 0.692 bits per heavy atom. The summed E-state index contributed by atoms with van der Waals surface area (Å²) in [6.07, 6.45) is 10.3. The summed E-state index contributed by atoms with van der Waals surface area (Å²) >= 11 is 0. The first-order chi connectivity index (χ1) is 12.7. The van der Waals surface area contributed by atoms with Crippen molar-refractivity contribution < 1.29 is 13.3 Å². The van der Waals surface area contributed by atoms with Crippen LogP contribution in [0, 0.1) is 0 Å². The molecule has 4 heteroatoms. The molecule has 0 saturated carbocycles. The molecule has 0 saturated heterocycles. The lowest BCUT2D eigenvalue weighted by Crippen LogP contribution is -2.52. The fourth-order valence-corrected chi connectivity index (χ4v) is 6.79. The maximum atomic E-state index is 6.23. The Hall–Kier alpha value is -0.683. The SMILES string of the molecule is CCCCCCCCCC(c1ccccc1)[Si](OCC)(OCC)OCC. The van der Waals surface area contributed by atoms with Gasteiger partial charge in [-0.15, -0.1) is 0 Å². The van der Waals surface area contributed by atoms with Gasteiger partial charge in [0.05, 0.1) is 5.54 Å². The van der Waals surface area contributed by atoms with Gasteiger partial charge >= 0.3 is 8.80 Å². The van der Waals surface area contributed by atoms with Gasteiger partial charge in [0.25, 0.3) is 0 Å². The van der Waals surface area contributed by atoms with E-state index in [9.17, 15) is 0 Å². The molecule has 1 unspecified atom stereocenters. The number of benzene rings is 1. The molecule has 0 aliphatic rings. The zero-order chi connectivity index (χ0) is 19.1. The Labute approximate surface area is 162 Å². The fourth-order valence-electron chi connectivity index (χ4n) is 3.57. The Kier molecular flexibility index (Phi) is 12.9. The zero-order valence-electron chi connectivity index (χ0n) is 17.5. The fraction of sp³-hybridized carbons (Fsp3) is 0.727.